The number of anilines is 1. The molecule has 3 aromatic rings. The van der Waals surface area contributed by atoms with Gasteiger partial charge < -0.3 is 14.3 Å². The highest BCUT2D eigenvalue weighted by atomic mass is 16.5. The van der Waals surface area contributed by atoms with Gasteiger partial charge in [0.25, 0.3) is 0 Å². The molecule has 0 saturated carbocycles. The maximum atomic E-state index is 13.1. The average molecular weight is 448 g/mol. The summed E-state index contributed by atoms with van der Waals surface area (Å²) in [4.78, 5) is 32.9. The second-order valence-electron chi connectivity index (χ2n) is 8.67. The third kappa shape index (κ3) is 4.73. The number of hydrogen-bond acceptors (Lipinski definition) is 8. The largest absolute Gasteiger partial charge is 0.341 e. The van der Waals surface area contributed by atoms with Crippen molar-refractivity contribution in [2.45, 2.75) is 25.8 Å². The van der Waals surface area contributed by atoms with Gasteiger partial charge in [0.2, 0.25) is 23.6 Å². The highest BCUT2D eigenvalue weighted by molar-refractivity contribution is 5.79. The zero-order chi connectivity index (χ0) is 22.6. The number of carbonyl (C=O) groups excluding carboxylic acids is 1. The Morgan fingerprint density at radius 3 is 2.36 bits per heavy atom. The maximum Gasteiger partial charge on any atom is 0.244 e. The molecule has 1 unspecified atom stereocenters. The lowest BCUT2D eigenvalue weighted by Crippen LogP contribution is -2.52. The lowest BCUT2D eigenvalue weighted by atomic mass is 9.95. The molecule has 0 bridgehead atoms. The minimum absolute atomic E-state index is 0.0151. The Balaban J connectivity index is 1.12. The molecule has 2 aliphatic rings. The van der Waals surface area contributed by atoms with Gasteiger partial charge in [-0.2, -0.15) is 4.98 Å². The van der Waals surface area contributed by atoms with Gasteiger partial charge in [-0.15, -0.1) is 0 Å². The lowest BCUT2D eigenvalue weighted by molar-refractivity contribution is -0.138. The summed E-state index contributed by atoms with van der Waals surface area (Å²) in [6.07, 6.45) is 5.21. The first-order valence-corrected chi connectivity index (χ1v) is 11.6. The number of aromatic nitrogens is 4. The van der Waals surface area contributed by atoms with E-state index < -0.39 is 0 Å². The molecule has 2 saturated heterocycles. The van der Waals surface area contributed by atoms with Crippen molar-refractivity contribution in [2.75, 3.05) is 44.2 Å². The van der Waals surface area contributed by atoms with E-state index in [2.05, 4.69) is 36.8 Å². The molecule has 4 heterocycles. The molecule has 1 atom stereocenters. The predicted molar refractivity (Wildman–Crippen MR) is 123 cm³/mol. The fraction of sp³-hybridized carbons (Fsp3) is 0.458. The Kier molecular flexibility index (Phi) is 6.30. The first kappa shape index (κ1) is 21.5. The topological polar surface area (TPSA) is 91.5 Å². The van der Waals surface area contributed by atoms with E-state index in [0.29, 0.717) is 11.7 Å². The molecule has 172 valence electrons. The van der Waals surface area contributed by atoms with Gasteiger partial charge in [-0.25, -0.2) is 9.97 Å². The minimum Gasteiger partial charge on any atom is -0.341 e. The van der Waals surface area contributed by atoms with Gasteiger partial charge in [0.1, 0.15) is 0 Å². The third-order valence-electron chi connectivity index (χ3n) is 6.68. The van der Waals surface area contributed by atoms with E-state index >= 15 is 0 Å². The molecular formula is C24H29N7O2. The second-order valence-corrected chi connectivity index (χ2v) is 8.67. The van der Waals surface area contributed by atoms with Crippen molar-refractivity contribution in [1.82, 2.24) is 29.9 Å². The Hall–Kier alpha value is -3.33. The van der Waals surface area contributed by atoms with Gasteiger partial charge in [0, 0.05) is 63.1 Å². The number of benzene rings is 1. The lowest BCUT2D eigenvalue weighted by Gasteiger charge is -2.39. The van der Waals surface area contributed by atoms with Crippen LogP contribution in [0.3, 0.4) is 0 Å². The minimum atomic E-state index is 0.0151. The summed E-state index contributed by atoms with van der Waals surface area (Å²) < 4.78 is 5.55. The van der Waals surface area contributed by atoms with Gasteiger partial charge in [0.05, 0.1) is 6.04 Å². The Labute approximate surface area is 193 Å². The highest BCUT2D eigenvalue weighted by Gasteiger charge is 2.33. The predicted octanol–water partition coefficient (Wildman–Crippen LogP) is 2.65. The van der Waals surface area contributed by atoms with Crippen LogP contribution in [0.1, 0.15) is 31.7 Å². The van der Waals surface area contributed by atoms with E-state index in [1.54, 1.807) is 12.4 Å². The van der Waals surface area contributed by atoms with Crippen molar-refractivity contribution in [2.24, 2.45) is 5.92 Å². The summed E-state index contributed by atoms with van der Waals surface area (Å²) in [5, 5.41) is 4.14. The monoisotopic (exact) mass is 447 g/mol. The van der Waals surface area contributed by atoms with E-state index in [1.165, 1.54) is 0 Å². The van der Waals surface area contributed by atoms with Crippen LogP contribution in [-0.2, 0) is 4.79 Å². The fourth-order valence-corrected chi connectivity index (χ4v) is 4.63. The molecule has 0 aliphatic carbocycles. The van der Waals surface area contributed by atoms with Gasteiger partial charge in [-0.05, 0) is 25.8 Å². The molecule has 1 aromatic carbocycles. The molecule has 5 rings (SSSR count). The van der Waals surface area contributed by atoms with Crippen molar-refractivity contribution in [3.63, 3.8) is 0 Å². The number of carbonyl (C=O) groups is 1. The van der Waals surface area contributed by atoms with Crippen molar-refractivity contribution < 1.29 is 9.32 Å². The molecular weight excluding hydrogens is 418 g/mol. The van der Waals surface area contributed by atoms with E-state index in [4.69, 9.17) is 4.52 Å². The van der Waals surface area contributed by atoms with Crippen LogP contribution in [0.15, 0.2) is 53.3 Å². The molecule has 1 amide bonds. The zero-order valence-electron chi connectivity index (χ0n) is 18.9. The SMILES string of the molecule is CC(c1nc(-c2ccccc2)no1)N1CCN(C(=O)C2CCN(c3ncccn3)CC2)CC1. The molecule has 2 aromatic heterocycles. The summed E-state index contributed by atoms with van der Waals surface area (Å²) in [6.45, 7) is 6.77. The number of piperidine rings is 1. The molecule has 9 heteroatoms. The van der Waals surface area contributed by atoms with Gasteiger partial charge >= 0.3 is 0 Å². The van der Waals surface area contributed by atoms with Crippen LogP contribution >= 0.6 is 0 Å². The summed E-state index contributed by atoms with van der Waals surface area (Å²) in [6, 6.07) is 11.7. The normalized spacial score (nSPS) is 18.9. The zero-order valence-corrected chi connectivity index (χ0v) is 18.9. The van der Waals surface area contributed by atoms with Crippen LogP contribution < -0.4 is 4.90 Å². The maximum absolute atomic E-state index is 13.1. The molecule has 0 radical (unpaired) electrons. The summed E-state index contributed by atoms with van der Waals surface area (Å²) in [5.41, 5.74) is 0.944. The van der Waals surface area contributed by atoms with Gasteiger partial charge in [0.15, 0.2) is 0 Å². The molecule has 33 heavy (non-hydrogen) atoms. The van der Waals surface area contributed by atoms with E-state index in [9.17, 15) is 4.79 Å². The molecule has 2 aliphatic heterocycles. The second kappa shape index (κ2) is 9.66. The van der Waals surface area contributed by atoms with Crippen LogP contribution in [0.2, 0.25) is 0 Å². The fourth-order valence-electron chi connectivity index (χ4n) is 4.63. The quantitative estimate of drug-likeness (QED) is 0.590. The Morgan fingerprint density at radius 2 is 1.67 bits per heavy atom. The Bertz CT molecular complexity index is 1040. The first-order chi connectivity index (χ1) is 16.2. The van der Waals surface area contributed by atoms with Crippen LogP contribution in [0.25, 0.3) is 11.4 Å². The smallest absolute Gasteiger partial charge is 0.244 e. The van der Waals surface area contributed by atoms with Gasteiger partial charge in [-0.1, -0.05) is 35.5 Å². The molecule has 9 nitrogen and oxygen atoms in total. The first-order valence-electron chi connectivity index (χ1n) is 11.6. The number of rotatable bonds is 5. The summed E-state index contributed by atoms with van der Waals surface area (Å²) >= 11 is 0. The van der Waals surface area contributed by atoms with Crippen molar-refractivity contribution >= 4 is 11.9 Å². The van der Waals surface area contributed by atoms with Crippen molar-refractivity contribution in [1.29, 1.82) is 0 Å². The van der Waals surface area contributed by atoms with Gasteiger partial charge in [-0.3, -0.25) is 9.69 Å². The van der Waals surface area contributed by atoms with Crippen LogP contribution in [0, 0.1) is 5.92 Å². The Morgan fingerprint density at radius 1 is 0.970 bits per heavy atom. The number of hydrogen-bond donors (Lipinski definition) is 0. The molecule has 0 spiro atoms. The molecule has 2 fully saturated rings. The molecule has 0 N–H and O–H groups in total. The van der Waals surface area contributed by atoms with Crippen LogP contribution in [0.5, 0.6) is 0 Å². The summed E-state index contributed by atoms with van der Waals surface area (Å²) in [7, 11) is 0. The third-order valence-corrected chi connectivity index (χ3v) is 6.68. The summed E-state index contributed by atoms with van der Waals surface area (Å²) in [5.74, 6) is 2.34. The van der Waals surface area contributed by atoms with Crippen LogP contribution in [-0.4, -0.2) is 75.1 Å². The number of nitrogens with zero attached hydrogens (tertiary/aromatic N) is 7. The standard InChI is InChI=1S/C24H29N7O2/c1-18(22-27-21(28-33-22)19-6-3-2-4-7-19)29-14-16-30(17-15-29)23(32)20-8-12-31(13-9-20)24-25-10-5-11-26-24/h2-7,10-11,18,20H,8-9,12-17H2,1H3. The van der Waals surface area contributed by atoms with E-state index in [0.717, 1.165) is 63.6 Å². The van der Waals surface area contributed by atoms with Crippen molar-refractivity contribution in [3.8, 4) is 11.4 Å². The number of amides is 1. The van der Waals surface area contributed by atoms with E-state index in [-0.39, 0.29) is 17.9 Å². The highest BCUT2D eigenvalue weighted by Crippen LogP contribution is 2.26. The van der Waals surface area contributed by atoms with Crippen LogP contribution in [0.4, 0.5) is 5.95 Å². The van der Waals surface area contributed by atoms with Crippen molar-refractivity contribution in [3.05, 3.63) is 54.7 Å². The van der Waals surface area contributed by atoms with E-state index in [1.807, 2.05) is 41.3 Å². The average Bonchev–Trinajstić information content (AvgIpc) is 3.40. The number of piperazine rings is 1.